The molecule has 0 saturated carbocycles. The Bertz CT molecular complexity index is 743. The number of sulfone groups is 1. The van der Waals surface area contributed by atoms with Crippen LogP contribution in [-0.4, -0.2) is 31.9 Å². The molecule has 1 heterocycles. The van der Waals surface area contributed by atoms with Crippen molar-refractivity contribution in [2.24, 2.45) is 0 Å². The molecule has 114 valence electrons. The molecule has 1 aliphatic rings. The molecule has 1 aromatic rings. The SMILES string of the molecule is N#CC(=CC=Cc1ccccc1)C(=O)NC1CCS(=O)(=O)C1. The lowest BCUT2D eigenvalue weighted by atomic mass is 10.1. The summed E-state index contributed by atoms with van der Waals surface area (Å²) in [5.41, 5.74) is 0.912. The first-order chi connectivity index (χ1) is 10.5. The summed E-state index contributed by atoms with van der Waals surface area (Å²) in [6, 6.07) is 10.9. The minimum absolute atomic E-state index is 0.0449. The van der Waals surface area contributed by atoms with Crippen molar-refractivity contribution in [3.8, 4) is 6.07 Å². The largest absolute Gasteiger partial charge is 0.348 e. The molecular weight excluding hydrogens is 300 g/mol. The second-order valence-corrected chi connectivity index (χ2v) is 7.26. The fraction of sp³-hybridized carbons (Fsp3) is 0.250. The lowest BCUT2D eigenvalue weighted by molar-refractivity contribution is -0.117. The Morgan fingerprint density at radius 3 is 2.64 bits per heavy atom. The van der Waals surface area contributed by atoms with Crippen molar-refractivity contribution >= 4 is 21.8 Å². The Morgan fingerprint density at radius 1 is 1.32 bits per heavy atom. The molecule has 1 fully saturated rings. The van der Waals surface area contributed by atoms with Crippen molar-refractivity contribution in [1.29, 1.82) is 5.26 Å². The van der Waals surface area contributed by atoms with Gasteiger partial charge >= 0.3 is 0 Å². The highest BCUT2D eigenvalue weighted by Gasteiger charge is 2.29. The normalized spacial score (nSPS) is 20.7. The Kier molecular flexibility index (Phi) is 5.12. The van der Waals surface area contributed by atoms with E-state index in [9.17, 15) is 13.2 Å². The van der Waals surface area contributed by atoms with E-state index in [-0.39, 0.29) is 17.1 Å². The number of benzene rings is 1. The summed E-state index contributed by atoms with van der Waals surface area (Å²) in [5, 5.41) is 11.6. The van der Waals surface area contributed by atoms with Crippen LogP contribution in [0.2, 0.25) is 0 Å². The maximum atomic E-state index is 12.0. The zero-order valence-electron chi connectivity index (χ0n) is 11.9. The Labute approximate surface area is 129 Å². The third kappa shape index (κ3) is 4.57. The van der Waals surface area contributed by atoms with Gasteiger partial charge in [-0.25, -0.2) is 8.42 Å². The zero-order valence-corrected chi connectivity index (χ0v) is 12.7. The lowest BCUT2D eigenvalue weighted by Crippen LogP contribution is -2.36. The number of carbonyl (C=O) groups excluding carboxylic acids is 1. The summed E-state index contributed by atoms with van der Waals surface area (Å²) in [6.45, 7) is 0. The van der Waals surface area contributed by atoms with E-state index in [1.807, 2.05) is 36.4 Å². The van der Waals surface area contributed by atoms with Gasteiger partial charge in [-0.1, -0.05) is 42.5 Å². The van der Waals surface area contributed by atoms with Gasteiger partial charge in [-0.15, -0.1) is 0 Å². The molecule has 22 heavy (non-hydrogen) atoms. The standard InChI is InChI=1S/C16H16N2O3S/c17-11-14(8-4-7-13-5-2-1-3-6-13)16(19)18-15-9-10-22(20,21)12-15/h1-8,15H,9-10,12H2,(H,18,19). The lowest BCUT2D eigenvalue weighted by Gasteiger charge is -2.09. The number of amides is 1. The van der Waals surface area contributed by atoms with Crippen LogP contribution in [-0.2, 0) is 14.6 Å². The van der Waals surface area contributed by atoms with Crippen LogP contribution in [0.5, 0.6) is 0 Å². The van der Waals surface area contributed by atoms with Gasteiger partial charge in [0, 0.05) is 6.04 Å². The van der Waals surface area contributed by atoms with E-state index in [1.54, 1.807) is 12.2 Å². The van der Waals surface area contributed by atoms with E-state index in [0.717, 1.165) is 5.56 Å². The molecule has 5 nitrogen and oxygen atoms in total. The van der Waals surface area contributed by atoms with Crippen LogP contribution in [0, 0.1) is 11.3 Å². The van der Waals surface area contributed by atoms with Crippen LogP contribution >= 0.6 is 0 Å². The van der Waals surface area contributed by atoms with Gasteiger partial charge in [0.1, 0.15) is 11.6 Å². The van der Waals surface area contributed by atoms with Gasteiger partial charge in [-0.3, -0.25) is 4.79 Å². The van der Waals surface area contributed by atoms with Crippen molar-refractivity contribution in [2.45, 2.75) is 12.5 Å². The topological polar surface area (TPSA) is 87.0 Å². The molecule has 0 aliphatic carbocycles. The maximum Gasteiger partial charge on any atom is 0.262 e. The van der Waals surface area contributed by atoms with Crippen LogP contribution in [0.1, 0.15) is 12.0 Å². The molecule has 0 aromatic heterocycles. The average Bonchev–Trinajstić information content (AvgIpc) is 2.83. The average molecular weight is 316 g/mol. The molecule has 1 aliphatic heterocycles. The number of allylic oxidation sites excluding steroid dienone is 2. The van der Waals surface area contributed by atoms with E-state index in [4.69, 9.17) is 5.26 Å². The van der Waals surface area contributed by atoms with Crippen molar-refractivity contribution in [1.82, 2.24) is 5.32 Å². The minimum Gasteiger partial charge on any atom is -0.348 e. The highest BCUT2D eigenvalue weighted by atomic mass is 32.2. The van der Waals surface area contributed by atoms with Gasteiger partial charge in [-0.2, -0.15) is 5.26 Å². The van der Waals surface area contributed by atoms with E-state index < -0.39 is 21.8 Å². The highest BCUT2D eigenvalue weighted by Crippen LogP contribution is 2.12. The van der Waals surface area contributed by atoms with Gasteiger partial charge < -0.3 is 5.32 Å². The summed E-state index contributed by atoms with van der Waals surface area (Å²) < 4.78 is 22.7. The van der Waals surface area contributed by atoms with Gasteiger partial charge in [0.15, 0.2) is 9.84 Å². The first-order valence-corrected chi connectivity index (χ1v) is 8.67. The van der Waals surface area contributed by atoms with Crippen LogP contribution in [0.4, 0.5) is 0 Å². The van der Waals surface area contributed by atoms with Crippen LogP contribution in [0.25, 0.3) is 6.08 Å². The van der Waals surface area contributed by atoms with E-state index >= 15 is 0 Å². The molecule has 2 rings (SSSR count). The van der Waals surface area contributed by atoms with E-state index in [0.29, 0.717) is 6.42 Å². The quantitative estimate of drug-likeness (QED) is 0.517. The molecule has 0 bridgehead atoms. The molecule has 1 aromatic carbocycles. The number of nitrogens with one attached hydrogen (secondary N) is 1. The van der Waals surface area contributed by atoms with Crippen LogP contribution in [0.3, 0.4) is 0 Å². The van der Waals surface area contributed by atoms with Gasteiger partial charge in [0.25, 0.3) is 5.91 Å². The van der Waals surface area contributed by atoms with E-state index in [1.165, 1.54) is 6.08 Å². The molecule has 1 unspecified atom stereocenters. The van der Waals surface area contributed by atoms with Crippen LogP contribution < -0.4 is 5.32 Å². The predicted molar refractivity (Wildman–Crippen MR) is 84.4 cm³/mol. The molecule has 0 spiro atoms. The fourth-order valence-electron chi connectivity index (χ4n) is 2.16. The molecule has 6 heteroatoms. The second-order valence-electron chi connectivity index (χ2n) is 5.04. The minimum atomic E-state index is -3.06. The van der Waals surface area contributed by atoms with Crippen LogP contribution in [0.15, 0.2) is 48.1 Å². The second kappa shape index (κ2) is 7.05. The van der Waals surface area contributed by atoms with Gasteiger partial charge in [0.2, 0.25) is 0 Å². The Balaban J connectivity index is 1.99. The Hall–Kier alpha value is -2.39. The number of nitriles is 1. The molecule has 1 amide bonds. The third-order valence-corrected chi connectivity index (χ3v) is 5.05. The summed E-state index contributed by atoms with van der Waals surface area (Å²) >= 11 is 0. The molecule has 1 saturated heterocycles. The first kappa shape index (κ1) is 16.0. The van der Waals surface area contributed by atoms with Gasteiger partial charge in [0.05, 0.1) is 11.5 Å². The van der Waals surface area contributed by atoms with E-state index in [2.05, 4.69) is 5.32 Å². The summed E-state index contributed by atoms with van der Waals surface area (Å²) in [5.74, 6) is -0.517. The monoisotopic (exact) mass is 316 g/mol. The number of hydrogen-bond donors (Lipinski definition) is 1. The number of carbonyl (C=O) groups is 1. The Morgan fingerprint density at radius 2 is 2.05 bits per heavy atom. The van der Waals surface area contributed by atoms with Crippen molar-refractivity contribution in [3.63, 3.8) is 0 Å². The maximum absolute atomic E-state index is 12.0. The van der Waals surface area contributed by atoms with Crippen molar-refractivity contribution in [3.05, 3.63) is 53.6 Å². The summed E-state index contributed by atoms with van der Waals surface area (Å²) in [6.07, 6.45) is 5.22. The summed E-state index contributed by atoms with van der Waals surface area (Å²) in [4.78, 5) is 12.0. The van der Waals surface area contributed by atoms with Crippen molar-refractivity contribution in [2.75, 3.05) is 11.5 Å². The smallest absolute Gasteiger partial charge is 0.262 e. The first-order valence-electron chi connectivity index (χ1n) is 6.85. The molecule has 1 atom stereocenters. The number of nitrogens with zero attached hydrogens (tertiary/aromatic N) is 1. The fourth-order valence-corrected chi connectivity index (χ4v) is 3.83. The van der Waals surface area contributed by atoms with Crippen molar-refractivity contribution < 1.29 is 13.2 Å². The number of rotatable bonds is 4. The zero-order chi connectivity index (χ0) is 16.0. The summed E-state index contributed by atoms with van der Waals surface area (Å²) in [7, 11) is -3.06. The highest BCUT2D eigenvalue weighted by molar-refractivity contribution is 7.91. The number of hydrogen-bond acceptors (Lipinski definition) is 4. The third-order valence-electron chi connectivity index (χ3n) is 3.28. The molecule has 1 N–H and O–H groups in total. The van der Waals surface area contributed by atoms with Gasteiger partial charge in [-0.05, 0) is 18.1 Å². The predicted octanol–water partition coefficient (Wildman–Crippen LogP) is 1.45. The molecule has 0 radical (unpaired) electrons. The molecular formula is C16H16N2O3S.